The molecule has 0 aromatic heterocycles. The van der Waals surface area contributed by atoms with Gasteiger partial charge in [0.25, 0.3) is 0 Å². The monoisotopic (exact) mass is 272 g/mol. The first-order valence-corrected chi connectivity index (χ1v) is 6.53. The number of ether oxygens (including phenoxy) is 1. The Morgan fingerprint density at radius 1 is 1.16 bits per heavy atom. The predicted molar refractivity (Wildman–Crippen MR) is 75.2 cm³/mol. The highest BCUT2D eigenvalue weighted by Gasteiger charge is 2.31. The van der Waals surface area contributed by atoms with E-state index in [1.54, 1.807) is 7.11 Å². The third-order valence-electron chi connectivity index (χ3n) is 3.59. The van der Waals surface area contributed by atoms with Crippen LogP contribution < -0.4 is 4.74 Å². The number of fused-ring (bicyclic) bond motifs is 1. The summed E-state index contributed by atoms with van der Waals surface area (Å²) in [6.45, 7) is 0. The van der Waals surface area contributed by atoms with Gasteiger partial charge in [0.2, 0.25) is 0 Å². The molecule has 1 aliphatic rings. The molecule has 2 aromatic carbocycles. The van der Waals surface area contributed by atoms with Crippen LogP contribution in [0.4, 0.5) is 0 Å². The summed E-state index contributed by atoms with van der Waals surface area (Å²) in [6, 6.07) is 13.1. The first kappa shape index (κ1) is 12.2. The molecule has 2 aromatic rings. The van der Waals surface area contributed by atoms with Crippen LogP contribution in [0.25, 0.3) is 0 Å². The van der Waals surface area contributed by atoms with E-state index in [0.717, 1.165) is 28.9 Å². The molecule has 0 aliphatic heterocycles. The van der Waals surface area contributed by atoms with Crippen molar-refractivity contribution >= 4 is 17.4 Å². The Morgan fingerprint density at radius 3 is 2.58 bits per heavy atom. The van der Waals surface area contributed by atoms with Gasteiger partial charge in [0, 0.05) is 10.6 Å². The van der Waals surface area contributed by atoms with E-state index >= 15 is 0 Å². The molecule has 0 saturated carbocycles. The van der Waals surface area contributed by atoms with Crippen LogP contribution in [0.1, 0.15) is 27.4 Å². The Kier molecular flexibility index (Phi) is 3.03. The number of carbonyl (C=O) groups is 1. The molecule has 0 heterocycles. The van der Waals surface area contributed by atoms with E-state index in [4.69, 9.17) is 16.3 Å². The van der Waals surface area contributed by atoms with E-state index in [1.165, 1.54) is 0 Å². The smallest absolute Gasteiger partial charge is 0.170 e. The average Bonchev–Trinajstić information content (AvgIpc) is 2.76. The van der Waals surface area contributed by atoms with Gasteiger partial charge in [-0.1, -0.05) is 23.7 Å². The number of hydrogen-bond acceptors (Lipinski definition) is 2. The molecule has 1 aliphatic carbocycles. The number of Topliss-reactive ketones (excluding diaryl/α,β-unsaturated/α-hetero) is 1. The summed E-state index contributed by atoms with van der Waals surface area (Å²) in [5, 5.41) is 0.688. The predicted octanol–water partition coefficient (Wildman–Crippen LogP) is 3.87. The second-order valence-corrected chi connectivity index (χ2v) is 5.13. The lowest BCUT2D eigenvalue weighted by Gasteiger charge is -2.07. The van der Waals surface area contributed by atoms with Gasteiger partial charge in [-0.25, -0.2) is 0 Å². The number of hydrogen-bond donors (Lipinski definition) is 0. The van der Waals surface area contributed by atoms with Gasteiger partial charge in [-0.2, -0.15) is 0 Å². The van der Waals surface area contributed by atoms with Crippen LogP contribution in [0, 0.1) is 0 Å². The zero-order valence-corrected chi connectivity index (χ0v) is 11.3. The molecule has 0 fully saturated rings. The van der Waals surface area contributed by atoms with Gasteiger partial charge in [0.05, 0.1) is 13.0 Å². The van der Waals surface area contributed by atoms with E-state index in [9.17, 15) is 4.79 Å². The van der Waals surface area contributed by atoms with Crippen LogP contribution in [0.5, 0.6) is 5.75 Å². The highest BCUT2D eigenvalue weighted by atomic mass is 35.5. The first-order valence-electron chi connectivity index (χ1n) is 6.15. The quantitative estimate of drug-likeness (QED) is 0.829. The van der Waals surface area contributed by atoms with Crippen LogP contribution in [0.2, 0.25) is 5.02 Å². The second-order valence-electron chi connectivity index (χ2n) is 4.70. The van der Waals surface area contributed by atoms with Crippen molar-refractivity contribution in [1.82, 2.24) is 0 Å². The summed E-state index contributed by atoms with van der Waals surface area (Å²) >= 11 is 5.88. The van der Waals surface area contributed by atoms with E-state index in [-0.39, 0.29) is 11.7 Å². The molecular formula is C16H13ClO2. The molecule has 1 atom stereocenters. The number of methoxy groups -OCH3 is 1. The fourth-order valence-electron chi connectivity index (χ4n) is 2.57. The van der Waals surface area contributed by atoms with Crippen molar-refractivity contribution in [3.63, 3.8) is 0 Å². The number of benzene rings is 2. The lowest BCUT2D eigenvalue weighted by atomic mass is 9.95. The number of halogens is 1. The van der Waals surface area contributed by atoms with Crippen LogP contribution in [-0.4, -0.2) is 12.9 Å². The minimum absolute atomic E-state index is 0.0978. The van der Waals surface area contributed by atoms with Crippen molar-refractivity contribution in [3.05, 3.63) is 64.2 Å². The molecule has 19 heavy (non-hydrogen) atoms. The van der Waals surface area contributed by atoms with Crippen LogP contribution >= 0.6 is 11.6 Å². The maximum atomic E-state index is 12.4. The van der Waals surface area contributed by atoms with Crippen molar-refractivity contribution in [1.29, 1.82) is 0 Å². The molecule has 0 spiro atoms. The Bertz CT molecular complexity index is 632. The fraction of sp³-hybridized carbons (Fsp3) is 0.188. The summed E-state index contributed by atoms with van der Waals surface area (Å²) in [7, 11) is 1.63. The first-order chi connectivity index (χ1) is 9.19. The minimum Gasteiger partial charge on any atom is -0.497 e. The highest BCUT2D eigenvalue weighted by Crippen LogP contribution is 2.35. The maximum Gasteiger partial charge on any atom is 0.170 e. The summed E-state index contributed by atoms with van der Waals surface area (Å²) in [6.07, 6.45) is 0.729. The molecule has 0 amide bonds. The Morgan fingerprint density at radius 2 is 1.89 bits per heavy atom. The van der Waals surface area contributed by atoms with E-state index in [1.807, 2.05) is 42.5 Å². The minimum atomic E-state index is -0.0978. The van der Waals surface area contributed by atoms with E-state index in [2.05, 4.69) is 0 Å². The van der Waals surface area contributed by atoms with Gasteiger partial charge in [-0.15, -0.1) is 0 Å². The lowest BCUT2D eigenvalue weighted by molar-refractivity contribution is 0.0973. The Labute approximate surface area is 117 Å². The van der Waals surface area contributed by atoms with Crippen LogP contribution in [0.15, 0.2) is 42.5 Å². The second kappa shape index (κ2) is 4.71. The summed E-state index contributed by atoms with van der Waals surface area (Å²) in [4.78, 5) is 12.4. The van der Waals surface area contributed by atoms with Crippen molar-refractivity contribution in [3.8, 4) is 5.75 Å². The van der Waals surface area contributed by atoms with E-state index in [0.29, 0.717) is 5.02 Å². The summed E-state index contributed by atoms with van der Waals surface area (Å²) in [5.41, 5.74) is 2.88. The van der Waals surface area contributed by atoms with Gasteiger partial charge in [0.1, 0.15) is 5.75 Å². The van der Waals surface area contributed by atoms with Gasteiger partial charge < -0.3 is 4.74 Å². The molecule has 0 saturated heterocycles. The zero-order chi connectivity index (χ0) is 13.4. The van der Waals surface area contributed by atoms with E-state index < -0.39 is 0 Å². The van der Waals surface area contributed by atoms with Crippen molar-refractivity contribution in [2.75, 3.05) is 7.11 Å². The third-order valence-corrected chi connectivity index (χ3v) is 3.84. The molecular weight excluding hydrogens is 260 g/mol. The molecule has 3 heteroatoms. The number of carbonyl (C=O) groups excluding carboxylic acids is 1. The molecule has 96 valence electrons. The zero-order valence-electron chi connectivity index (χ0n) is 10.5. The standard InChI is InChI=1S/C16H13ClO2/c1-19-13-6-7-14-11(8-13)9-15(16(14)18)10-2-4-12(17)5-3-10/h2-8,15H,9H2,1H3/t15-/m0/s1. The van der Waals surface area contributed by atoms with Crippen molar-refractivity contribution in [2.45, 2.75) is 12.3 Å². The largest absolute Gasteiger partial charge is 0.497 e. The van der Waals surface area contributed by atoms with Gasteiger partial charge in [0.15, 0.2) is 5.78 Å². The fourth-order valence-corrected chi connectivity index (χ4v) is 2.70. The topological polar surface area (TPSA) is 26.3 Å². The molecule has 3 rings (SSSR count). The number of ketones is 1. The normalized spacial score (nSPS) is 17.4. The molecule has 0 N–H and O–H groups in total. The van der Waals surface area contributed by atoms with Crippen LogP contribution in [0.3, 0.4) is 0 Å². The lowest BCUT2D eigenvalue weighted by Crippen LogP contribution is -2.06. The Balaban J connectivity index is 1.96. The summed E-state index contributed by atoms with van der Waals surface area (Å²) in [5.74, 6) is 0.877. The van der Waals surface area contributed by atoms with Crippen LogP contribution in [-0.2, 0) is 6.42 Å². The average molecular weight is 273 g/mol. The molecule has 0 radical (unpaired) electrons. The molecule has 0 bridgehead atoms. The Hall–Kier alpha value is -1.80. The van der Waals surface area contributed by atoms with Crippen molar-refractivity contribution in [2.24, 2.45) is 0 Å². The maximum absolute atomic E-state index is 12.4. The number of rotatable bonds is 2. The van der Waals surface area contributed by atoms with Gasteiger partial charge in [-0.3, -0.25) is 4.79 Å². The molecule has 0 unspecified atom stereocenters. The SMILES string of the molecule is COc1ccc2c(c1)C[C@@H](c1ccc(Cl)cc1)C2=O. The van der Waals surface area contributed by atoms with Gasteiger partial charge in [-0.05, 0) is 47.9 Å². The third kappa shape index (κ3) is 2.13. The van der Waals surface area contributed by atoms with Gasteiger partial charge >= 0.3 is 0 Å². The highest BCUT2D eigenvalue weighted by molar-refractivity contribution is 6.30. The summed E-state index contributed by atoms with van der Waals surface area (Å²) < 4.78 is 5.20. The van der Waals surface area contributed by atoms with Crippen molar-refractivity contribution < 1.29 is 9.53 Å². The molecule has 2 nitrogen and oxygen atoms in total.